The molecule has 1 fully saturated rings. The van der Waals surface area contributed by atoms with Gasteiger partial charge in [-0.05, 0) is 36.6 Å². The molecule has 0 atom stereocenters. The summed E-state index contributed by atoms with van der Waals surface area (Å²) in [6.45, 7) is 3.31. The van der Waals surface area contributed by atoms with E-state index < -0.39 is 0 Å². The number of nitrogens with one attached hydrogen (secondary N) is 2. The first-order valence-corrected chi connectivity index (χ1v) is 9.69. The van der Waals surface area contributed by atoms with E-state index in [2.05, 4.69) is 32.7 Å². The molecule has 1 aliphatic rings. The third kappa shape index (κ3) is 5.67. The summed E-state index contributed by atoms with van der Waals surface area (Å²) in [7, 11) is 0. The lowest BCUT2D eigenvalue weighted by Gasteiger charge is -2.16. The van der Waals surface area contributed by atoms with Crippen molar-refractivity contribution in [2.75, 3.05) is 30.3 Å². The molecule has 0 radical (unpaired) electrons. The fraction of sp³-hybridized carbons (Fsp3) is 0.368. The number of anilines is 1. The van der Waals surface area contributed by atoms with Gasteiger partial charge in [-0.1, -0.05) is 24.3 Å². The molecule has 6 heteroatoms. The molecule has 0 saturated carbocycles. The number of pyridine rings is 1. The van der Waals surface area contributed by atoms with Gasteiger partial charge in [-0.3, -0.25) is 0 Å². The maximum absolute atomic E-state index is 11.8. The van der Waals surface area contributed by atoms with Crippen molar-refractivity contribution in [2.45, 2.75) is 24.3 Å². The number of amides is 2. The van der Waals surface area contributed by atoms with Crippen LogP contribution in [-0.4, -0.2) is 36.4 Å². The molecular weight excluding hydrogens is 332 g/mol. The maximum atomic E-state index is 11.8. The minimum absolute atomic E-state index is 0.141. The highest BCUT2D eigenvalue weighted by atomic mass is 32.2. The summed E-state index contributed by atoms with van der Waals surface area (Å²) in [5.41, 5.74) is 1.01. The number of rotatable bonds is 7. The molecule has 1 aromatic carbocycles. The van der Waals surface area contributed by atoms with Gasteiger partial charge >= 0.3 is 6.03 Å². The van der Waals surface area contributed by atoms with Gasteiger partial charge in [0.2, 0.25) is 0 Å². The Morgan fingerprint density at radius 1 is 1.08 bits per heavy atom. The van der Waals surface area contributed by atoms with Gasteiger partial charge in [0.15, 0.2) is 0 Å². The predicted molar refractivity (Wildman–Crippen MR) is 103 cm³/mol. The summed E-state index contributed by atoms with van der Waals surface area (Å²) in [6.07, 6.45) is 4.33. The Hall–Kier alpha value is -2.21. The fourth-order valence-electron chi connectivity index (χ4n) is 2.75. The van der Waals surface area contributed by atoms with Crippen molar-refractivity contribution in [1.29, 1.82) is 0 Å². The lowest BCUT2D eigenvalue weighted by atomic mass is 10.3. The van der Waals surface area contributed by atoms with E-state index in [0.717, 1.165) is 30.2 Å². The topological polar surface area (TPSA) is 57.3 Å². The minimum Gasteiger partial charge on any atom is -0.357 e. The Labute approximate surface area is 153 Å². The first kappa shape index (κ1) is 17.6. The molecule has 25 heavy (non-hydrogen) atoms. The van der Waals surface area contributed by atoms with Crippen LogP contribution in [0.15, 0.2) is 53.6 Å². The van der Waals surface area contributed by atoms with E-state index in [1.807, 2.05) is 36.5 Å². The second kappa shape index (κ2) is 9.32. The van der Waals surface area contributed by atoms with Gasteiger partial charge in [0.25, 0.3) is 0 Å². The van der Waals surface area contributed by atoms with E-state index in [1.54, 1.807) is 11.8 Å². The van der Waals surface area contributed by atoms with Crippen LogP contribution in [-0.2, 0) is 6.54 Å². The highest BCUT2D eigenvalue weighted by Gasteiger charge is 2.12. The number of nitrogens with zero attached hydrogens (tertiary/aromatic N) is 2. The molecule has 5 nitrogen and oxygen atoms in total. The SMILES string of the molecule is O=C(NCCSc1ccccc1)NCc1ccc(N2CCCC2)nc1. The quantitative estimate of drug-likeness (QED) is 0.590. The summed E-state index contributed by atoms with van der Waals surface area (Å²) >= 11 is 1.73. The highest BCUT2D eigenvalue weighted by Crippen LogP contribution is 2.17. The number of carbonyl (C=O) groups is 1. The number of aromatic nitrogens is 1. The predicted octanol–water partition coefficient (Wildman–Crippen LogP) is 3.27. The number of carbonyl (C=O) groups excluding carboxylic acids is 1. The normalized spacial score (nSPS) is 13.7. The van der Waals surface area contributed by atoms with Crippen LogP contribution in [0, 0.1) is 0 Å². The van der Waals surface area contributed by atoms with E-state index in [1.165, 1.54) is 17.7 Å². The summed E-state index contributed by atoms with van der Waals surface area (Å²) < 4.78 is 0. The molecule has 1 aliphatic heterocycles. The first-order chi connectivity index (χ1) is 12.3. The molecule has 1 saturated heterocycles. The number of thioether (sulfide) groups is 1. The second-order valence-corrected chi connectivity index (χ2v) is 7.16. The molecule has 2 heterocycles. The van der Waals surface area contributed by atoms with E-state index in [-0.39, 0.29) is 6.03 Å². The van der Waals surface area contributed by atoms with Crippen molar-refractivity contribution in [3.05, 3.63) is 54.2 Å². The average Bonchev–Trinajstić information content (AvgIpc) is 3.20. The molecule has 2 aromatic rings. The van der Waals surface area contributed by atoms with Crippen LogP contribution < -0.4 is 15.5 Å². The first-order valence-electron chi connectivity index (χ1n) is 8.71. The standard InChI is InChI=1S/C19H24N4OS/c24-19(20-10-13-25-17-6-2-1-3-7-17)22-15-16-8-9-18(21-14-16)23-11-4-5-12-23/h1-3,6-9,14H,4-5,10-13,15H2,(H2,20,22,24). The van der Waals surface area contributed by atoms with Gasteiger partial charge in [-0.2, -0.15) is 0 Å². The molecule has 0 bridgehead atoms. The number of benzene rings is 1. The van der Waals surface area contributed by atoms with Gasteiger partial charge in [0.1, 0.15) is 5.82 Å². The molecule has 3 rings (SSSR count). The lowest BCUT2D eigenvalue weighted by Crippen LogP contribution is -2.36. The fourth-order valence-corrected chi connectivity index (χ4v) is 3.54. The van der Waals surface area contributed by atoms with Gasteiger partial charge in [0, 0.05) is 43.0 Å². The van der Waals surface area contributed by atoms with Gasteiger partial charge in [-0.25, -0.2) is 9.78 Å². The van der Waals surface area contributed by atoms with E-state index in [4.69, 9.17) is 0 Å². The van der Waals surface area contributed by atoms with Crippen LogP contribution >= 0.6 is 11.8 Å². The van der Waals surface area contributed by atoms with Gasteiger partial charge < -0.3 is 15.5 Å². The van der Waals surface area contributed by atoms with Gasteiger partial charge in [0.05, 0.1) is 0 Å². The molecule has 132 valence electrons. The molecule has 1 aromatic heterocycles. The van der Waals surface area contributed by atoms with Crippen molar-refractivity contribution in [3.8, 4) is 0 Å². The molecule has 0 unspecified atom stereocenters. The molecule has 2 amide bonds. The van der Waals surface area contributed by atoms with Crippen LogP contribution in [0.2, 0.25) is 0 Å². The Balaban J connectivity index is 1.33. The van der Waals surface area contributed by atoms with E-state index in [0.29, 0.717) is 13.1 Å². The third-order valence-electron chi connectivity index (χ3n) is 4.09. The maximum Gasteiger partial charge on any atom is 0.315 e. The summed E-state index contributed by atoms with van der Waals surface area (Å²) in [5.74, 6) is 1.88. The highest BCUT2D eigenvalue weighted by molar-refractivity contribution is 7.99. The molecular formula is C19H24N4OS. The van der Waals surface area contributed by atoms with Crippen molar-refractivity contribution in [2.24, 2.45) is 0 Å². The smallest absolute Gasteiger partial charge is 0.315 e. The van der Waals surface area contributed by atoms with Crippen LogP contribution in [0.25, 0.3) is 0 Å². The number of hydrogen-bond donors (Lipinski definition) is 2. The Morgan fingerprint density at radius 2 is 1.88 bits per heavy atom. The summed E-state index contributed by atoms with van der Waals surface area (Å²) in [5, 5.41) is 5.75. The zero-order valence-electron chi connectivity index (χ0n) is 14.3. The van der Waals surface area contributed by atoms with Crippen LogP contribution in [0.5, 0.6) is 0 Å². The van der Waals surface area contributed by atoms with Crippen molar-refractivity contribution in [1.82, 2.24) is 15.6 Å². The third-order valence-corrected chi connectivity index (χ3v) is 5.11. The molecule has 0 spiro atoms. The Morgan fingerprint density at radius 3 is 2.60 bits per heavy atom. The number of hydrogen-bond acceptors (Lipinski definition) is 4. The van der Waals surface area contributed by atoms with Gasteiger partial charge in [-0.15, -0.1) is 11.8 Å². The Kier molecular flexibility index (Phi) is 6.56. The molecule has 2 N–H and O–H groups in total. The lowest BCUT2D eigenvalue weighted by molar-refractivity contribution is 0.241. The van der Waals surface area contributed by atoms with Crippen LogP contribution in [0.1, 0.15) is 18.4 Å². The Bertz CT molecular complexity index is 657. The summed E-state index contributed by atoms with van der Waals surface area (Å²) in [4.78, 5) is 19.9. The average molecular weight is 356 g/mol. The largest absolute Gasteiger partial charge is 0.357 e. The molecule has 0 aliphatic carbocycles. The summed E-state index contributed by atoms with van der Waals surface area (Å²) in [6, 6.07) is 14.1. The van der Waals surface area contributed by atoms with E-state index >= 15 is 0 Å². The van der Waals surface area contributed by atoms with Crippen molar-refractivity contribution < 1.29 is 4.79 Å². The van der Waals surface area contributed by atoms with Crippen molar-refractivity contribution in [3.63, 3.8) is 0 Å². The monoisotopic (exact) mass is 356 g/mol. The van der Waals surface area contributed by atoms with Crippen molar-refractivity contribution >= 4 is 23.6 Å². The zero-order valence-corrected chi connectivity index (χ0v) is 15.1. The van der Waals surface area contributed by atoms with E-state index in [9.17, 15) is 4.79 Å². The van der Waals surface area contributed by atoms with Crippen LogP contribution in [0.4, 0.5) is 10.6 Å². The van der Waals surface area contributed by atoms with Crippen LogP contribution in [0.3, 0.4) is 0 Å². The number of urea groups is 1. The zero-order chi connectivity index (χ0) is 17.3. The minimum atomic E-state index is -0.141. The second-order valence-electron chi connectivity index (χ2n) is 5.99.